The van der Waals surface area contributed by atoms with E-state index in [2.05, 4.69) is 17.1 Å². The summed E-state index contributed by atoms with van der Waals surface area (Å²) in [6.45, 7) is 1.84. The second kappa shape index (κ2) is 7.24. The Kier molecular flexibility index (Phi) is 5.35. The number of aliphatic carboxylic acids is 1. The molecule has 0 saturated heterocycles. The van der Waals surface area contributed by atoms with Crippen molar-refractivity contribution in [3.8, 4) is 5.69 Å². The number of carbonyl (C=O) groups is 1. The average Bonchev–Trinajstić information content (AvgIpc) is 2.89. The van der Waals surface area contributed by atoms with Gasteiger partial charge in [0.05, 0.1) is 11.4 Å². The highest BCUT2D eigenvalue weighted by atomic mass is 32.2. The molecule has 0 aliphatic heterocycles. The van der Waals surface area contributed by atoms with Crippen LogP contribution in [0.15, 0.2) is 29.4 Å². The Morgan fingerprint density at radius 1 is 1.33 bits per heavy atom. The van der Waals surface area contributed by atoms with Gasteiger partial charge in [-0.1, -0.05) is 43.3 Å². The second-order valence-corrected chi connectivity index (χ2v) is 5.40. The van der Waals surface area contributed by atoms with Crippen LogP contribution in [0.3, 0.4) is 0 Å². The maximum absolute atomic E-state index is 10.7. The number of carboxylic acids is 1. The summed E-state index contributed by atoms with van der Waals surface area (Å²) in [5, 5.41) is 26.7. The van der Waals surface area contributed by atoms with Crippen LogP contribution in [0.1, 0.15) is 24.7 Å². The van der Waals surface area contributed by atoms with E-state index in [1.807, 2.05) is 24.3 Å². The van der Waals surface area contributed by atoms with Crippen molar-refractivity contribution in [1.29, 1.82) is 0 Å². The van der Waals surface area contributed by atoms with E-state index in [-0.39, 0.29) is 12.4 Å². The lowest BCUT2D eigenvalue weighted by atomic mass is 10.1. The van der Waals surface area contributed by atoms with Crippen LogP contribution in [-0.2, 0) is 17.8 Å². The number of nitrogens with zero attached hydrogens (tertiary/aromatic N) is 3. The van der Waals surface area contributed by atoms with Crippen LogP contribution in [0.4, 0.5) is 0 Å². The second-order valence-electron chi connectivity index (χ2n) is 4.45. The van der Waals surface area contributed by atoms with Gasteiger partial charge in [-0.15, -0.1) is 10.2 Å². The van der Waals surface area contributed by atoms with Crippen molar-refractivity contribution < 1.29 is 15.0 Å². The van der Waals surface area contributed by atoms with Crippen molar-refractivity contribution in [2.45, 2.75) is 31.5 Å². The zero-order valence-corrected chi connectivity index (χ0v) is 12.5. The van der Waals surface area contributed by atoms with Crippen molar-refractivity contribution in [3.05, 3.63) is 35.7 Å². The Labute approximate surface area is 126 Å². The van der Waals surface area contributed by atoms with E-state index in [1.165, 1.54) is 0 Å². The largest absolute Gasteiger partial charge is 0.481 e. The van der Waals surface area contributed by atoms with Gasteiger partial charge in [0.2, 0.25) is 0 Å². The quantitative estimate of drug-likeness (QED) is 0.759. The van der Waals surface area contributed by atoms with Crippen LogP contribution < -0.4 is 0 Å². The zero-order chi connectivity index (χ0) is 15.2. The van der Waals surface area contributed by atoms with E-state index in [9.17, 15) is 9.90 Å². The molecule has 1 aromatic heterocycles. The first-order valence-electron chi connectivity index (χ1n) is 6.65. The average molecular weight is 307 g/mol. The van der Waals surface area contributed by atoms with E-state index < -0.39 is 5.97 Å². The van der Waals surface area contributed by atoms with E-state index in [0.29, 0.717) is 11.0 Å². The summed E-state index contributed by atoms with van der Waals surface area (Å²) in [6, 6.07) is 7.81. The Morgan fingerprint density at radius 3 is 2.76 bits per heavy atom. The summed E-state index contributed by atoms with van der Waals surface area (Å²) >= 11 is 1.09. The number of benzene rings is 1. The minimum atomic E-state index is -0.915. The van der Waals surface area contributed by atoms with Gasteiger partial charge in [0.1, 0.15) is 6.61 Å². The molecular weight excluding hydrogens is 290 g/mol. The summed E-state index contributed by atoms with van der Waals surface area (Å²) < 4.78 is 1.73. The van der Waals surface area contributed by atoms with Crippen molar-refractivity contribution in [2.75, 3.05) is 5.75 Å². The molecule has 2 N–H and O–H groups in total. The summed E-state index contributed by atoms with van der Waals surface area (Å²) in [5.74, 6) is -0.604. The minimum Gasteiger partial charge on any atom is -0.481 e. The summed E-state index contributed by atoms with van der Waals surface area (Å²) in [6.07, 6.45) is 1.88. The van der Waals surface area contributed by atoms with Crippen molar-refractivity contribution in [3.63, 3.8) is 0 Å². The highest BCUT2D eigenvalue weighted by Crippen LogP contribution is 2.25. The molecule has 7 heteroatoms. The molecule has 0 fully saturated rings. The lowest BCUT2D eigenvalue weighted by Gasteiger charge is -2.13. The van der Waals surface area contributed by atoms with Gasteiger partial charge in [-0.25, -0.2) is 0 Å². The molecule has 0 atom stereocenters. The van der Waals surface area contributed by atoms with Gasteiger partial charge in [0.25, 0.3) is 0 Å². The number of aliphatic hydroxyl groups excluding tert-OH is 1. The first-order valence-corrected chi connectivity index (χ1v) is 7.64. The van der Waals surface area contributed by atoms with E-state index in [4.69, 9.17) is 5.11 Å². The van der Waals surface area contributed by atoms with Crippen molar-refractivity contribution in [2.24, 2.45) is 0 Å². The first kappa shape index (κ1) is 15.5. The molecular formula is C14H17N3O3S. The van der Waals surface area contributed by atoms with Gasteiger partial charge in [-0.3, -0.25) is 9.36 Å². The molecule has 0 aliphatic rings. The number of aliphatic hydroxyl groups is 1. The van der Waals surface area contributed by atoms with Crippen LogP contribution >= 0.6 is 11.8 Å². The van der Waals surface area contributed by atoms with Gasteiger partial charge < -0.3 is 10.2 Å². The molecule has 0 bridgehead atoms. The number of aromatic nitrogens is 3. The normalized spacial score (nSPS) is 10.8. The number of hydrogen-bond donors (Lipinski definition) is 2. The van der Waals surface area contributed by atoms with Crippen molar-refractivity contribution >= 4 is 17.7 Å². The SMILES string of the molecule is CCCc1ccccc1-n1c(CO)nnc1SCC(=O)O. The van der Waals surface area contributed by atoms with Gasteiger partial charge in [0.15, 0.2) is 11.0 Å². The van der Waals surface area contributed by atoms with E-state index >= 15 is 0 Å². The highest BCUT2D eigenvalue weighted by molar-refractivity contribution is 7.99. The standard InChI is InChI=1S/C14H17N3O3S/c1-2-5-10-6-3-4-7-11(10)17-12(8-18)15-16-14(17)21-9-13(19)20/h3-4,6-7,18H,2,5,8-9H2,1H3,(H,19,20). The molecule has 0 saturated carbocycles. The number of carboxylic acid groups (broad SMARTS) is 1. The fourth-order valence-electron chi connectivity index (χ4n) is 2.07. The Bertz CT molecular complexity index is 628. The fourth-order valence-corrected chi connectivity index (χ4v) is 2.76. The first-order chi connectivity index (χ1) is 10.2. The third-order valence-corrected chi connectivity index (χ3v) is 3.83. The smallest absolute Gasteiger partial charge is 0.313 e. The lowest BCUT2D eigenvalue weighted by Crippen LogP contribution is -2.07. The topological polar surface area (TPSA) is 88.2 Å². The van der Waals surface area contributed by atoms with Gasteiger partial charge in [-0.2, -0.15) is 0 Å². The maximum atomic E-state index is 10.7. The number of para-hydroxylation sites is 1. The number of rotatable bonds is 7. The minimum absolute atomic E-state index is 0.0977. The fraction of sp³-hybridized carbons (Fsp3) is 0.357. The highest BCUT2D eigenvalue weighted by Gasteiger charge is 2.16. The van der Waals surface area contributed by atoms with E-state index in [0.717, 1.165) is 35.9 Å². The monoisotopic (exact) mass is 307 g/mol. The molecule has 6 nitrogen and oxygen atoms in total. The van der Waals surface area contributed by atoms with Crippen LogP contribution in [-0.4, -0.2) is 36.7 Å². The molecule has 0 unspecified atom stereocenters. The molecule has 2 aromatic rings. The zero-order valence-electron chi connectivity index (χ0n) is 11.7. The molecule has 0 aliphatic carbocycles. The predicted molar refractivity (Wildman–Crippen MR) is 79.6 cm³/mol. The Hall–Kier alpha value is -1.86. The summed E-state index contributed by atoms with van der Waals surface area (Å²) in [4.78, 5) is 10.7. The van der Waals surface area contributed by atoms with Crippen LogP contribution in [0.5, 0.6) is 0 Å². The van der Waals surface area contributed by atoms with Crippen LogP contribution in [0, 0.1) is 0 Å². The lowest BCUT2D eigenvalue weighted by molar-refractivity contribution is -0.133. The number of hydrogen-bond acceptors (Lipinski definition) is 5. The Morgan fingerprint density at radius 2 is 2.10 bits per heavy atom. The number of aryl methyl sites for hydroxylation is 1. The molecule has 0 amide bonds. The van der Waals surface area contributed by atoms with Gasteiger partial charge in [-0.05, 0) is 18.1 Å². The molecule has 21 heavy (non-hydrogen) atoms. The number of thioether (sulfide) groups is 1. The molecule has 0 spiro atoms. The van der Waals surface area contributed by atoms with Crippen LogP contribution in [0.25, 0.3) is 5.69 Å². The maximum Gasteiger partial charge on any atom is 0.313 e. The van der Waals surface area contributed by atoms with E-state index in [1.54, 1.807) is 4.57 Å². The molecule has 2 rings (SSSR count). The third kappa shape index (κ3) is 3.62. The summed E-state index contributed by atoms with van der Waals surface area (Å²) in [5.41, 5.74) is 2.01. The van der Waals surface area contributed by atoms with Crippen molar-refractivity contribution in [1.82, 2.24) is 14.8 Å². The molecule has 1 heterocycles. The van der Waals surface area contributed by atoms with Gasteiger partial charge in [0, 0.05) is 0 Å². The Balaban J connectivity index is 2.46. The molecule has 112 valence electrons. The molecule has 1 aromatic carbocycles. The van der Waals surface area contributed by atoms with Gasteiger partial charge >= 0.3 is 5.97 Å². The molecule has 0 radical (unpaired) electrons. The third-order valence-electron chi connectivity index (χ3n) is 2.92. The predicted octanol–water partition coefficient (Wildman–Crippen LogP) is 1.89. The van der Waals surface area contributed by atoms with Crippen LogP contribution in [0.2, 0.25) is 0 Å². The summed E-state index contributed by atoms with van der Waals surface area (Å²) in [7, 11) is 0.